The number of amides is 3. The first-order valence-corrected chi connectivity index (χ1v) is 16.6. The number of aromatic nitrogens is 3. The number of carbonyl (C=O) groups excluding carboxylic acids is 3. The van der Waals surface area contributed by atoms with Crippen molar-refractivity contribution in [3.05, 3.63) is 84.5 Å². The summed E-state index contributed by atoms with van der Waals surface area (Å²) < 4.78 is 0.745. The molecule has 0 bridgehead atoms. The van der Waals surface area contributed by atoms with Crippen LogP contribution in [0.25, 0.3) is 11.0 Å². The average molecular weight is 627 g/mol. The Morgan fingerprint density at radius 1 is 0.978 bits per heavy atom. The minimum atomic E-state index is -0.959. The molecule has 45 heavy (non-hydrogen) atoms. The van der Waals surface area contributed by atoms with Gasteiger partial charge in [0.1, 0.15) is 18.2 Å². The Balaban J connectivity index is 1.29. The topological polar surface area (TPSA) is 112 Å². The summed E-state index contributed by atoms with van der Waals surface area (Å²) in [7, 11) is 0. The third kappa shape index (κ3) is 4.78. The van der Waals surface area contributed by atoms with E-state index in [9.17, 15) is 19.5 Å². The lowest BCUT2D eigenvalue weighted by atomic mass is 9.78. The van der Waals surface area contributed by atoms with Crippen LogP contribution in [-0.4, -0.2) is 94.3 Å². The zero-order chi connectivity index (χ0) is 31.3. The fourth-order valence-corrected chi connectivity index (χ4v) is 9.60. The maximum absolute atomic E-state index is 14.8. The van der Waals surface area contributed by atoms with Crippen molar-refractivity contribution in [2.45, 2.75) is 55.6 Å². The number of para-hydroxylation sites is 1. The standard InChI is InChI=1S/C34H38N6O4S/c1-3-22(2)26(20-41)40-30-33(44)38(21-39-25-14-8-7-13-24(25)35-36-39)18-10-16-34(30)29(32(40)43)28-27(45-34)15-9-17-37(31(28)42)19-23-11-5-4-6-12-23/h4-16,22,26-30,41H,3,17-21H2,1-2H3/t22-,26-,27-,28+,29-,30?,34-/m0/s1. The second-order valence-corrected chi connectivity index (χ2v) is 14.0. The molecule has 0 saturated carbocycles. The first-order chi connectivity index (χ1) is 21.9. The van der Waals surface area contributed by atoms with Gasteiger partial charge in [-0.2, -0.15) is 0 Å². The molecular formula is C34H38N6O4S. The predicted octanol–water partition coefficient (Wildman–Crippen LogP) is 3.09. The number of fused-ring (bicyclic) bond motifs is 3. The van der Waals surface area contributed by atoms with Gasteiger partial charge in [-0.15, -0.1) is 16.9 Å². The molecule has 4 aliphatic heterocycles. The number of thioether (sulfide) groups is 1. The monoisotopic (exact) mass is 626 g/mol. The molecule has 10 nitrogen and oxygen atoms in total. The van der Waals surface area contributed by atoms with Gasteiger partial charge in [-0.25, -0.2) is 4.68 Å². The number of likely N-dealkylation sites (tertiary alicyclic amines) is 1. The molecule has 3 aromatic rings. The molecule has 1 N–H and O–H groups in total. The van der Waals surface area contributed by atoms with Crippen molar-refractivity contribution >= 4 is 40.5 Å². The van der Waals surface area contributed by atoms with Gasteiger partial charge in [0, 0.05) is 24.9 Å². The summed E-state index contributed by atoms with van der Waals surface area (Å²) >= 11 is 1.56. The van der Waals surface area contributed by atoms with E-state index in [4.69, 9.17) is 0 Å². The zero-order valence-corrected chi connectivity index (χ0v) is 26.3. The van der Waals surface area contributed by atoms with E-state index in [2.05, 4.69) is 16.4 Å². The highest BCUT2D eigenvalue weighted by molar-refractivity contribution is 8.02. The average Bonchev–Trinajstić information content (AvgIpc) is 3.61. The maximum Gasteiger partial charge on any atom is 0.248 e. The molecule has 0 radical (unpaired) electrons. The van der Waals surface area contributed by atoms with Crippen LogP contribution in [0.2, 0.25) is 0 Å². The van der Waals surface area contributed by atoms with E-state index in [1.807, 2.05) is 91.6 Å². The Kier molecular flexibility index (Phi) is 7.77. The summed E-state index contributed by atoms with van der Waals surface area (Å²) in [5, 5.41) is 19.0. The largest absolute Gasteiger partial charge is 0.394 e. The minimum absolute atomic E-state index is 0.0531. The van der Waals surface area contributed by atoms with Crippen molar-refractivity contribution in [3.8, 4) is 0 Å². The summed E-state index contributed by atoms with van der Waals surface area (Å²) in [6.07, 6.45) is 8.79. The predicted molar refractivity (Wildman–Crippen MR) is 171 cm³/mol. The van der Waals surface area contributed by atoms with Gasteiger partial charge in [-0.3, -0.25) is 14.4 Å². The number of hydrogen-bond acceptors (Lipinski definition) is 7. The first kappa shape index (κ1) is 29.7. The summed E-state index contributed by atoms with van der Waals surface area (Å²) in [6, 6.07) is 16.0. The van der Waals surface area contributed by atoms with Crippen molar-refractivity contribution in [3.63, 3.8) is 0 Å². The van der Waals surface area contributed by atoms with Crippen LogP contribution in [0.15, 0.2) is 78.9 Å². The highest BCUT2D eigenvalue weighted by Gasteiger charge is 2.72. The summed E-state index contributed by atoms with van der Waals surface area (Å²) in [4.78, 5) is 49.2. The molecule has 5 heterocycles. The van der Waals surface area contributed by atoms with Crippen molar-refractivity contribution in [2.24, 2.45) is 17.8 Å². The minimum Gasteiger partial charge on any atom is -0.394 e. The molecule has 2 fully saturated rings. The van der Waals surface area contributed by atoms with Crippen LogP contribution in [0.1, 0.15) is 25.8 Å². The van der Waals surface area contributed by atoms with E-state index in [0.29, 0.717) is 19.6 Å². The lowest BCUT2D eigenvalue weighted by Crippen LogP contribution is -2.58. The van der Waals surface area contributed by atoms with Crippen molar-refractivity contribution in [2.75, 3.05) is 19.7 Å². The van der Waals surface area contributed by atoms with Crippen LogP contribution in [0.4, 0.5) is 0 Å². The van der Waals surface area contributed by atoms with Crippen molar-refractivity contribution < 1.29 is 19.5 Å². The second-order valence-electron chi connectivity index (χ2n) is 12.5. The smallest absolute Gasteiger partial charge is 0.248 e. The zero-order valence-electron chi connectivity index (χ0n) is 25.5. The van der Waals surface area contributed by atoms with E-state index in [0.717, 1.165) is 23.0 Å². The number of carbonyl (C=O) groups is 3. The number of nitrogens with zero attached hydrogens (tertiary/aromatic N) is 6. The van der Waals surface area contributed by atoms with Gasteiger partial charge in [-0.1, -0.05) is 92.3 Å². The summed E-state index contributed by atoms with van der Waals surface area (Å²) in [6.45, 7) is 5.15. The summed E-state index contributed by atoms with van der Waals surface area (Å²) in [5.74, 6) is -1.93. The highest BCUT2D eigenvalue weighted by atomic mass is 32.2. The molecule has 2 aromatic carbocycles. The van der Waals surface area contributed by atoms with E-state index in [1.165, 1.54) is 0 Å². The Morgan fingerprint density at radius 2 is 1.73 bits per heavy atom. The number of benzene rings is 2. The molecule has 1 unspecified atom stereocenters. The van der Waals surface area contributed by atoms with E-state index in [1.54, 1.807) is 26.2 Å². The molecular weight excluding hydrogens is 588 g/mol. The van der Waals surface area contributed by atoms with Gasteiger partial charge in [0.05, 0.1) is 34.7 Å². The lowest BCUT2D eigenvalue weighted by Gasteiger charge is -2.40. The number of rotatable bonds is 8. The molecule has 7 rings (SSSR count). The Morgan fingerprint density at radius 3 is 2.51 bits per heavy atom. The molecule has 11 heteroatoms. The SMILES string of the molecule is CC[C@H](C)[C@H](CO)N1C(=O)[C@@H]2[C@@H]3C(=O)N(Cc4ccccc4)CC=C[C@@H]3S[C@@]23C=CCN(Cn2nnc4ccccc42)C(=O)C13. The van der Waals surface area contributed by atoms with Crippen LogP contribution >= 0.6 is 11.8 Å². The van der Waals surface area contributed by atoms with E-state index in [-0.39, 0.29) is 42.2 Å². The fourth-order valence-electron chi connectivity index (χ4n) is 7.60. The molecule has 3 amide bonds. The van der Waals surface area contributed by atoms with Crippen LogP contribution in [0.3, 0.4) is 0 Å². The van der Waals surface area contributed by atoms with Gasteiger partial charge < -0.3 is 19.8 Å². The van der Waals surface area contributed by atoms with Gasteiger partial charge >= 0.3 is 0 Å². The number of aliphatic hydroxyl groups excluding tert-OH is 1. The molecule has 0 aliphatic carbocycles. The Labute approximate surface area is 266 Å². The fraction of sp³-hybridized carbons (Fsp3) is 0.441. The van der Waals surface area contributed by atoms with E-state index < -0.39 is 28.7 Å². The third-order valence-electron chi connectivity index (χ3n) is 10.0. The van der Waals surface area contributed by atoms with Crippen molar-refractivity contribution in [1.29, 1.82) is 0 Å². The van der Waals surface area contributed by atoms with Crippen LogP contribution in [-0.2, 0) is 27.6 Å². The number of aliphatic hydroxyl groups is 1. The molecule has 1 aromatic heterocycles. The Bertz CT molecular complexity index is 1680. The molecule has 234 valence electrons. The van der Waals surface area contributed by atoms with Crippen molar-refractivity contribution in [1.82, 2.24) is 29.7 Å². The van der Waals surface area contributed by atoms with Gasteiger partial charge in [0.2, 0.25) is 17.7 Å². The molecule has 7 atom stereocenters. The molecule has 4 aliphatic rings. The highest BCUT2D eigenvalue weighted by Crippen LogP contribution is 2.61. The second kappa shape index (κ2) is 11.8. The van der Waals surface area contributed by atoms with Crippen LogP contribution in [0, 0.1) is 17.8 Å². The number of hydrogen-bond donors (Lipinski definition) is 1. The maximum atomic E-state index is 14.8. The van der Waals surface area contributed by atoms with Crippen LogP contribution < -0.4 is 0 Å². The molecule has 2 saturated heterocycles. The normalized spacial score (nSPS) is 29.0. The van der Waals surface area contributed by atoms with Gasteiger partial charge in [0.25, 0.3) is 0 Å². The molecule has 1 spiro atoms. The van der Waals surface area contributed by atoms with Gasteiger partial charge in [0.15, 0.2) is 0 Å². The Hall–Kier alpha value is -3.96. The third-order valence-corrected chi connectivity index (χ3v) is 11.8. The van der Waals surface area contributed by atoms with Gasteiger partial charge in [-0.05, 0) is 23.6 Å². The quantitative estimate of drug-likeness (QED) is 0.383. The van der Waals surface area contributed by atoms with Crippen LogP contribution in [0.5, 0.6) is 0 Å². The van der Waals surface area contributed by atoms with E-state index >= 15 is 0 Å². The first-order valence-electron chi connectivity index (χ1n) is 15.7. The lowest BCUT2D eigenvalue weighted by molar-refractivity contribution is -0.148. The summed E-state index contributed by atoms with van der Waals surface area (Å²) in [5.41, 5.74) is 2.57.